The van der Waals surface area contributed by atoms with Crippen LogP contribution in [0.15, 0.2) is 5.16 Å². The highest BCUT2D eigenvalue weighted by Gasteiger charge is 2.49. The molecule has 0 unspecified atom stereocenters. The molecule has 0 aromatic carbocycles. The highest BCUT2D eigenvalue weighted by atomic mass is 16.4. The molecule has 1 amide bonds. The Bertz CT molecular complexity index is 419. The largest absolute Gasteiger partial charge is 0.409 e. The summed E-state index contributed by atoms with van der Waals surface area (Å²) in [7, 11) is 0. The number of carbonyl (C=O) groups is 1. The molecule has 21 heavy (non-hydrogen) atoms. The molecule has 118 valence electrons. The molecule has 0 radical (unpaired) electrons. The first kappa shape index (κ1) is 14.7. The molecular weight excluding hydrogens is 266 g/mol. The number of rotatable bonds is 5. The van der Waals surface area contributed by atoms with Crippen LogP contribution in [-0.4, -0.2) is 34.4 Å². The Hall–Kier alpha value is -1.26. The highest BCUT2D eigenvalue weighted by molar-refractivity contribution is 6.07. The Labute approximate surface area is 126 Å². The quantitative estimate of drug-likeness (QED) is 0.269. The van der Waals surface area contributed by atoms with Gasteiger partial charge in [0, 0.05) is 12.6 Å². The lowest BCUT2D eigenvalue weighted by Crippen LogP contribution is -2.52. The van der Waals surface area contributed by atoms with Gasteiger partial charge in [0.05, 0.1) is 0 Å². The van der Waals surface area contributed by atoms with E-state index in [1.807, 2.05) is 0 Å². The van der Waals surface area contributed by atoms with Gasteiger partial charge >= 0.3 is 0 Å². The molecule has 0 heterocycles. The van der Waals surface area contributed by atoms with Crippen LogP contribution in [0, 0.1) is 11.3 Å². The Balaban J connectivity index is 1.84. The molecule has 0 aromatic heterocycles. The van der Waals surface area contributed by atoms with E-state index in [2.05, 4.69) is 10.1 Å². The van der Waals surface area contributed by atoms with E-state index in [0.29, 0.717) is 12.0 Å². The molecule has 0 atom stereocenters. The van der Waals surface area contributed by atoms with Crippen molar-refractivity contribution in [3.05, 3.63) is 0 Å². The topological polar surface area (TPSA) is 78.9 Å². The van der Waals surface area contributed by atoms with E-state index in [4.69, 9.17) is 5.73 Å². The van der Waals surface area contributed by atoms with E-state index in [0.717, 1.165) is 57.9 Å². The zero-order chi connectivity index (χ0) is 14.9. The van der Waals surface area contributed by atoms with Gasteiger partial charge in [0.2, 0.25) is 5.91 Å². The van der Waals surface area contributed by atoms with Crippen LogP contribution in [0.4, 0.5) is 0 Å². The third-order valence-corrected chi connectivity index (χ3v) is 5.36. The Morgan fingerprint density at radius 1 is 1.14 bits per heavy atom. The van der Waals surface area contributed by atoms with Crippen molar-refractivity contribution in [3.8, 4) is 0 Å². The average molecular weight is 293 g/mol. The highest BCUT2D eigenvalue weighted by Crippen LogP contribution is 2.42. The maximum Gasteiger partial charge on any atom is 0.236 e. The summed E-state index contributed by atoms with van der Waals surface area (Å²) in [4.78, 5) is 15.3. The van der Waals surface area contributed by atoms with Gasteiger partial charge in [-0.3, -0.25) is 4.79 Å². The predicted octanol–water partition coefficient (Wildman–Crippen LogP) is 2.47. The molecule has 3 saturated carbocycles. The number of nitrogens with two attached hydrogens (primary N) is 1. The number of nitrogens with zero attached hydrogens (tertiary/aromatic N) is 2. The average Bonchev–Trinajstić information content (AvgIpc) is 3.36. The van der Waals surface area contributed by atoms with Gasteiger partial charge in [-0.15, -0.1) is 0 Å². The van der Waals surface area contributed by atoms with Gasteiger partial charge in [-0.1, -0.05) is 30.8 Å². The lowest BCUT2D eigenvalue weighted by molar-refractivity contribution is -0.140. The zero-order valence-electron chi connectivity index (χ0n) is 12.8. The van der Waals surface area contributed by atoms with Gasteiger partial charge in [-0.05, 0) is 44.4 Å². The smallest absolute Gasteiger partial charge is 0.236 e. The fraction of sp³-hybridized carbons (Fsp3) is 0.875. The van der Waals surface area contributed by atoms with Crippen molar-refractivity contribution in [1.29, 1.82) is 0 Å². The van der Waals surface area contributed by atoms with Crippen molar-refractivity contribution in [1.82, 2.24) is 4.90 Å². The number of amidine groups is 1. The standard InChI is InChI=1S/C16H27N3O2/c17-14(18-21)16(9-3-1-2-4-10-16)15(20)19(13-7-8-13)11-12-5-6-12/h12-13,21H,1-11H2,(H2,17,18). The molecule has 0 saturated heterocycles. The second kappa shape index (κ2) is 5.85. The van der Waals surface area contributed by atoms with Gasteiger partial charge in [0.1, 0.15) is 5.41 Å². The first-order chi connectivity index (χ1) is 10.2. The van der Waals surface area contributed by atoms with Crippen LogP contribution < -0.4 is 5.73 Å². The van der Waals surface area contributed by atoms with E-state index >= 15 is 0 Å². The van der Waals surface area contributed by atoms with Gasteiger partial charge < -0.3 is 15.8 Å². The summed E-state index contributed by atoms with van der Waals surface area (Å²) >= 11 is 0. The summed E-state index contributed by atoms with van der Waals surface area (Å²) in [5.41, 5.74) is 5.26. The second-order valence-corrected chi connectivity index (χ2v) is 7.11. The maximum atomic E-state index is 13.3. The number of oxime groups is 1. The zero-order valence-corrected chi connectivity index (χ0v) is 12.8. The van der Waals surface area contributed by atoms with Crippen molar-refractivity contribution in [2.45, 2.75) is 70.3 Å². The summed E-state index contributed by atoms with van der Waals surface area (Å²) in [6, 6.07) is 0.407. The lowest BCUT2D eigenvalue weighted by atomic mass is 9.77. The summed E-state index contributed by atoms with van der Waals surface area (Å²) in [5.74, 6) is 0.953. The first-order valence-electron chi connectivity index (χ1n) is 8.46. The SMILES string of the molecule is NC(=NO)C1(C(=O)N(CC2CC2)C2CC2)CCCCCC1. The van der Waals surface area contributed by atoms with Crippen molar-refractivity contribution in [3.63, 3.8) is 0 Å². The molecule has 3 fully saturated rings. The monoisotopic (exact) mass is 293 g/mol. The van der Waals surface area contributed by atoms with Crippen molar-refractivity contribution >= 4 is 11.7 Å². The summed E-state index contributed by atoms with van der Waals surface area (Å²) in [6.45, 7) is 0.879. The van der Waals surface area contributed by atoms with Crippen LogP contribution in [-0.2, 0) is 4.79 Å². The van der Waals surface area contributed by atoms with Crippen LogP contribution in [0.1, 0.15) is 64.2 Å². The molecule has 0 spiro atoms. The molecular formula is C16H27N3O2. The van der Waals surface area contributed by atoms with Crippen LogP contribution in [0.3, 0.4) is 0 Å². The van der Waals surface area contributed by atoms with Crippen molar-refractivity contribution < 1.29 is 10.0 Å². The fourth-order valence-electron chi connectivity index (χ4n) is 3.64. The maximum absolute atomic E-state index is 13.3. The van der Waals surface area contributed by atoms with Gasteiger partial charge in [0.25, 0.3) is 0 Å². The third-order valence-electron chi connectivity index (χ3n) is 5.36. The summed E-state index contributed by atoms with van der Waals surface area (Å²) in [6.07, 6.45) is 10.4. The summed E-state index contributed by atoms with van der Waals surface area (Å²) in [5, 5.41) is 12.5. The van der Waals surface area contributed by atoms with Gasteiger partial charge in [-0.25, -0.2) is 0 Å². The first-order valence-corrected chi connectivity index (χ1v) is 8.46. The van der Waals surface area contributed by atoms with Crippen LogP contribution in [0.2, 0.25) is 0 Å². The predicted molar refractivity (Wildman–Crippen MR) is 81.0 cm³/mol. The number of amides is 1. The van der Waals surface area contributed by atoms with Crippen molar-refractivity contribution in [2.24, 2.45) is 22.2 Å². The lowest BCUT2D eigenvalue weighted by Gasteiger charge is -2.36. The Morgan fingerprint density at radius 2 is 1.76 bits per heavy atom. The van der Waals surface area contributed by atoms with E-state index < -0.39 is 5.41 Å². The second-order valence-electron chi connectivity index (χ2n) is 7.11. The fourth-order valence-corrected chi connectivity index (χ4v) is 3.64. The van der Waals surface area contributed by atoms with Crippen LogP contribution in [0.25, 0.3) is 0 Å². The molecule has 3 rings (SSSR count). The molecule has 0 bridgehead atoms. The molecule has 5 nitrogen and oxygen atoms in total. The number of carbonyl (C=O) groups excluding carboxylic acids is 1. The Kier molecular flexibility index (Phi) is 4.09. The van der Waals surface area contributed by atoms with Crippen LogP contribution in [0.5, 0.6) is 0 Å². The van der Waals surface area contributed by atoms with E-state index in [1.165, 1.54) is 12.8 Å². The minimum atomic E-state index is -0.747. The number of hydrogen-bond donors (Lipinski definition) is 2. The normalized spacial score (nSPS) is 26.2. The minimum Gasteiger partial charge on any atom is -0.409 e. The molecule has 3 aliphatic carbocycles. The molecule has 0 aromatic rings. The Morgan fingerprint density at radius 3 is 2.24 bits per heavy atom. The van der Waals surface area contributed by atoms with E-state index in [9.17, 15) is 10.0 Å². The molecule has 0 aliphatic heterocycles. The van der Waals surface area contributed by atoms with Gasteiger partial charge in [0.15, 0.2) is 5.84 Å². The summed E-state index contributed by atoms with van der Waals surface area (Å²) < 4.78 is 0. The van der Waals surface area contributed by atoms with E-state index in [1.54, 1.807) is 0 Å². The third kappa shape index (κ3) is 3.01. The van der Waals surface area contributed by atoms with Gasteiger partial charge in [-0.2, -0.15) is 0 Å². The minimum absolute atomic E-state index is 0.133. The van der Waals surface area contributed by atoms with E-state index in [-0.39, 0.29) is 11.7 Å². The molecule has 5 heteroatoms. The van der Waals surface area contributed by atoms with Crippen molar-refractivity contribution in [2.75, 3.05) is 6.54 Å². The molecule has 3 aliphatic rings. The number of hydrogen-bond acceptors (Lipinski definition) is 3. The van der Waals surface area contributed by atoms with Crippen LogP contribution >= 0.6 is 0 Å². The molecule has 3 N–H and O–H groups in total.